The fraction of sp³-hybridized carbons (Fsp3) is 0.636. The van der Waals surface area contributed by atoms with E-state index in [1.165, 1.54) is 10.6 Å². The average Bonchev–Trinajstić information content (AvgIpc) is 3.43. The number of halogens is 3. The summed E-state index contributed by atoms with van der Waals surface area (Å²) >= 11 is 0. The molecule has 1 N–H and O–H groups in total. The molecule has 0 aromatic carbocycles. The Bertz CT molecular complexity index is 1160. The Morgan fingerprint density at radius 2 is 1.82 bits per heavy atom. The number of nitrogens with one attached hydrogen (secondary N) is 1. The average molecular weight is 480 g/mol. The number of rotatable bonds is 6. The van der Waals surface area contributed by atoms with E-state index in [9.17, 15) is 13.2 Å². The Hall–Kier alpha value is -3.05. The van der Waals surface area contributed by atoms with Crippen LogP contribution < -0.4 is 15.0 Å². The zero-order valence-corrected chi connectivity index (χ0v) is 19.5. The van der Waals surface area contributed by atoms with Crippen molar-refractivity contribution < 1.29 is 22.4 Å². The molecule has 3 aromatic heterocycles. The van der Waals surface area contributed by atoms with E-state index in [0.29, 0.717) is 35.3 Å². The van der Waals surface area contributed by atoms with Gasteiger partial charge in [-0.15, -0.1) is 5.10 Å². The highest BCUT2D eigenvalue weighted by Crippen LogP contribution is 2.40. The molecule has 0 amide bonds. The number of hydrogen-bond acceptors (Lipinski definition) is 8. The molecule has 2 aliphatic rings. The number of pyridine rings is 1. The predicted octanol–water partition coefficient (Wildman–Crippen LogP) is 4.20. The van der Waals surface area contributed by atoms with Crippen molar-refractivity contribution in [2.24, 2.45) is 11.8 Å². The van der Waals surface area contributed by atoms with Crippen LogP contribution in [0.4, 0.5) is 25.1 Å². The monoisotopic (exact) mass is 479 g/mol. The number of ether oxygens (including phenoxy) is 1. The lowest BCUT2D eigenvalue weighted by molar-refractivity contribution is -0.190. The largest absolute Gasteiger partial charge is 0.465 e. The van der Waals surface area contributed by atoms with Crippen molar-refractivity contribution in [3.63, 3.8) is 0 Å². The van der Waals surface area contributed by atoms with E-state index in [4.69, 9.17) is 9.26 Å². The van der Waals surface area contributed by atoms with Crippen molar-refractivity contribution in [1.29, 1.82) is 0 Å². The lowest BCUT2D eigenvalue weighted by atomic mass is 9.92. The standard InChI is InChI=1S/C22H28F3N7O2/c1-11(2)16-7-8-17(33-12(3)22(23,24)25)32-19(16)28-20(29-32)27-18-14-5-6-15(18)10-31(9-14)21-26-13(4)30-34-21/h7-8,11-12,14-15,18H,5-6,9-10H2,1-4H3,(H,27,29)/t12-,14-,15+,18?/m0/s1. The Morgan fingerprint density at radius 3 is 2.41 bits per heavy atom. The first-order valence-electron chi connectivity index (χ1n) is 11.5. The van der Waals surface area contributed by atoms with Crippen LogP contribution in [0.2, 0.25) is 0 Å². The van der Waals surface area contributed by atoms with Crippen LogP contribution in [-0.2, 0) is 0 Å². The summed E-state index contributed by atoms with van der Waals surface area (Å²) in [6, 6.07) is 3.97. The van der Waals surface area contributed by atoms with Gasteiger partial charge in [0.2, 0.25) is 11.8 Å². The minimum atomic E-state index is -4.48. The smallest absolute Gasteiger partial charge is 0.425 e. The summed E-state index contributed by atoms with van der Waals surface area (Å²) in [5, 5.41) is 11.9. The maximum Gasteiger partial charge on any atom is 0.425 e. The van der Waals surface area contributed by atoms with Crippen LogP contribution in [0.1, 0.15) is 50.9 Å². The summed E-state index contributed by atoms with van der Waals surface area (Å²) in [7, 11) is 0. The predicted molar refractivity (Wildman–Crippen MR) is 118 cm³/mol. The number of hydrogen-bond donors (Lipinski definition) is 1. The van der Waals surface area contributed by atoms with Gasteiger partial charge in [0.05, 0.1) is 0 Å². The van der Waals surface area contributed by atoms with Gasteiger partial charge in [-0.05, 0) is 56.1 Å². The van der Waals surface area contributed by atoms with Crippen molar-refractivity contribution >= 4 is 17.6 Å². The molecular weight excluding hydrogens is 451 g/mol. The summed E-state index contributed by atoms with van der Waals surface area (Å²) in [5.74, 6) is 1.79. The van der Waals surface area contributed by atoms with Gasteiger partial charge >= 0.3 is 12.2 Å². The normalized spacial score (nSPS) is 23.6. The summed E-state index contributed by atoms with van der Waals surface area (Å²) < 4.78 is 51.3. The van der Waals surface area contributed by atoms with E-state index < -0.39 is 12.3 Å². The summed E-state index contributed by atoms with van der Waals surface area (Å²) in [6.07, 6.45) is -4.34. The Balaban J connectivity index is 1.40. The molecule has 9 nitrogen and oxygen atoms in total. The van der Waals surface area contributed by atoms with Gasteiger partial charge in [0.15, 0.2) is 17.6 Å². The van der Waals surface area contributed by atoms with Crippen molar-refractivity contribution in [3.8, 4) is 5.88 Å². The molecule has 5 rings (SSSR count). The number of alkyl halides is 3. The third-order valence-electron chi connectivity index (χ3n) is 6.78. The van der Waals surface area contributed by atoms with Gasteiger partial charge in [0.25, 0.3) is 0 Å². The number of nitrogens with zero attached hydrogens (tertiary/aromatic N) is 6. The van der Waals surface area contributed by atoms with Crippen molar-refractivity contribution in [2.45, 2.75) is 64.8 Å². The second-order valence-electron chi connectivity index (χ2n) is 9.55. The quantitative estimate of drug-likeness (QED) is 0.562. The third-order valence-corrected chi connectivity index (χ3v) is 6.78. The molecule has 1 saturated carbocycles. The number of aryl methyl sites for hydroxylation is 1. The fourth-order valence-corrected chi connectivity index (χ4v) is 4.99. The van der Waals surface area contributed by atoms with Crippen LogP contribution in [0.5, 0.6) is 5.88 Å². The molecule has 4 heterocycles. The zero-order chi connectivity index (χ0) is 24.2. The van der Waals surface area contributed by atoms with Crippen LogP contribution in [0, 0.1) is 18.8 Å². The molecule has 0 radical (unpaired) electrons. The van der Waals surface area contributed by atoms with Gasteiger partial charge in [0, 0.05) is 25.2 Å². The van der Waals surface area contributed by atoms with Gasteiger partial charge in [-0.1, -0.05) is 19.0 Å². The van der Waals surface area contributed by atoms with Crippen LogP contribution in [0.3, 0.4) is 0 Å². The van der Waals surface area contributed by atoms with Crippen molar-refractivity contribution in [1.82, 2.24) is 24.7 Å². The number of aromatic nitrogens is 5. The number of fused-ring (bicyclic) bond motifs is 3. The molecule has 1 unspecified atom stereocenters. The highest BCUT2D eigenvalue weighted by molar-refractivity contribution is 5.55. The van der Waals surface area contributed by atoms with E-state index in [1.807, 2.05) is 13.8 Å². The Kier molecular flexibility index (Phi) is 5.56. The van der Waals surface area contributed by atoms with E-state index in [1.54, 1.807) is 13.0 Å². The number of anilines is 2. The second-order valence-corrected chi connectivity index (χ2v) is 9.55. The summed E-state index contributed by atoms with van der Waals surface area (Å²) in [5.41, 5.74) is 1.38. The van der Waals surface area contributed by atoms with Crippen molar-refractivity contribution in [3.05, 3.63) is 23.5 Å². The maximum atomic E-state index is 13.1. The van der Waals surface area contributed by atoms with Gasteiger partial charge in [-0.3, -0.25) is 0 Å². The van der Waals surface area contributed by atoms with Crippen LogP contribution in [0.25, 0.3) is 5.65 Å². The molecule has 34 heavy (non-hydrogen) atoms. The molecule has 12 heteroatoms. The number of piperidine rings is 1. The Morgan fingerprint density at radius 1 is 1.12 bits per heavy atom. The fourth-order valence-electron chi connectivity index (χ4n) is 4.99. The lowest BCUT2D eigenvalue weighted by Gasteiger charge is -2.37. The highest BCUT2D eigenvalue weighted by atomic mass is 19.4. The first kappa shape index (κ1) is 22.7. The van der Waals surface area contributed by atoms with Gasteiger partial charge in [-0.25, -0.2) is 0 Å². The van der Waals surface area contributed by atoms with Gasteiger partial charge < -0.3 is 19.5 Å². The molecule has 4 atom stereocenters. The molecule has 1 aliphatic carbocycles. The van der Waals surface area contributed by atoms with E-state index in [0.717, 1.165) is 38.4 Å². The minimum absolute atomic E-state index is 0.00864. The van der Waals surface area contributed by atoms with Crippen LogP contribution in [0.15, 0.2) is 16.7 Å². The molecule has 3 aromatic rings. The highest BCUT2D eigenvalue weighted by Gasteiger charge is 2.44. The first-order valence-corrected chi connectivity index (χ1v) is 11.5. The van der Waals surface area contributed by atoms with E-state index >= 15 is 0 Å². The van der Waals surface area contributed by atoms with Gasteiger partial charge in [0.1, 0.15) is 0 Å². The SMILES string of the molecule is Cc1noc(N2C[C@H]3CC[C@@H](C2)C3Nc2nc3c(C(C)C)ccc(O[C@@H](C)C(F)(F)F)n3n2)n1. The van der Waals surface area contributed by atoms with Gasteiger partial charge in [-0.2, -0.15) is 27.7 Å². The summed E-state index contributed by atoms with van der Waals surface area (Å²) in [4.78, 5) is 11.1. The topological polar surface area (TPSA) is 93.6 Å². The molecule has 2 bridgehead atoms. The van der Waals surface area contributed by atoms with E-state index in [-0.39, 0.29) is 17.8 Å². The summed E-state index contributed by atoms with van der Waals surface area (Å²) in [6.45, 7) is 8.34. The maximum absolute atomic E-state index is 13.1. The first-order chi connectivity index (χ1) is 16.1. The Labute approximate surface area is 194 Å². The second kappa shape index (κ2) is 8.31. The lowest BCUT2D eigenvalue weighted by Crippen LogP contribution is -2.48. The zero-order valence-electron chi connectivity index (χ0n) is 19.5. The minimum Gasteiger partial charge on any atom is -0.465 e. The van der Waals surface area contributed by atoms with Crippen molar-refractivity contribution in [2.75, 3.05) is 23.3 Å². The molecular formula is C22H28F3N7O2. The third kappa shape index (κ3) is 4.14. The molecule has 1 aliphatic heterocycles. The van der Waals surface area contributed by atoms with E-state index in [2.05, 4.69) is 30.4 Å². The van der Waals surface area contributed by atoms with Crippen LogP contribution in [-0.4, -0.2) is 56.2 Å². The molecule has 184 valence electrons. The van der Waals surface area contributed by atoms with Crippen LogP contribution >= 0.6 is 0 Å². The molecule has 0 spiro atoms. The molecule has 1 saturated heterocycles. The molecule has 2 fully saturated rings.